The van der Waals surface area contributed by atoms with E-state index in [1.807, 2.05) is 0 Å². The number of hydrogen-bond acceptors (Lipinski definition) is 5. The van der Waals surface area contributed by atoms with E-state index in [1.54, 1.807) is 0 Å². The Morgan fingerprint density at radius 1 is 0.741 bits per heavy atom. The molecule has 27 heavy (non-hydrogen) atoms. The molecule has 0 radical (unpaired) electrons. The molecule has 0 fully saturated rings. The molecule has 0 heterocycles. The van der Waals surface area contributed by atoms with Crippen molar-refractivity contribution in [2.24, 2.45) is 5.90 Å². The predicted molar refractivity (Wildman–Crippen MR) is 106 cm³/mol. The normalized spacial score (nSPS) is 11.5. The van der Waals surface area contributed by atoms with Gasteiger partial charge in [-0.2, -0.15) is 5.90 Å². The number of rotatable bonds is 18. The van der Waals surface area contributed by atoms with Crippen molar-refractivity contribution in [2.45, 2.75) is 116 Å². The van der Waals surface area contributed by atoms with Crippen LogP contribution in [0.3, 0.4) is 0 Å². The molecule has 0 spiro atoms. The van der Waals surface area contributed by atoms with Crippen LogP contribution >= 0.6 is 0 Å². The van der Waals surface area contributed by atoms with E-state index < -0.39 is 11.9 Å². The van der Waals surface area contributed by atoms with Gasteiger partial charge < -0.3 is 10.2 Å². The highest BCUT2D eigenvalue weighted by atomic mass is 17.3. The summed E-state index contributed by atoms with van der Waals surface area (Å²) in [7, 11) is 0. The summed E-state index contributed by atoms with van der Waals surface area (Å²) in [6.07, 6.45) is 15.1. The van der Waals surface area contributed by atoms with Crippen LogP contribution in [0.1, 0.15) is 110 Å². The molecule has 7 heteroatoms. The van der Waals surface area contributed by atoms with Crippen molar-refractivity contribution in [3.8, 4) is 0 Å². The molecule has 162 valence electrons. The zero-order valence-electron chi connectivity index (χ0n) is 17.3. The van der Waals surface area contributed by atoms with E-state index in [0.29, 0.717) is 12.8 Å². The van der Waals surface area contributed by atoms with Crippen LogP contribution in [0.15, 0.2) is 0 Å². The van der Waals surface area contributed by atoms with Gasteiger partial charge in [0.05, 0.1) is 6.10 Å². The molecule has 1 atom stereocenters. The van der Waals surface area contributed by atoms with Gasteiger partial charge in [0.1, 0.15) is 0 Å². The Labute approximate surface area is 164 Å². The zero-order chi connectivity index (χ0) is 20.8. The first-order valence-corrected chi connectivity index (χ1v) is 10.4. The fraction of sp³-hybridized carbons (Fsp3) is 0.900. The van der Waals surface area contributed by atoms with Crippen LogP contribution in [0.2, 0.25) is 0 Å². The van der Waals surface area contributed by atoms with Gasteiger partial charge >= 0.3 is 11.9 Å². The number of carbonyl (C=O) groups is 2. The molecule has 0 saturated heterocycles. The second-order valence-corrected chi connectivity index (χ2v) is 6.86. The molecule has 7 nitrogen and oxygen atoms in total. The maximum Gasteiger partial charge on any atom is 0.303 e. The topological polar surface area (TPSA) is 119 Å². The highest BCUT2D eigenvalue weighted by molar-refractivity contribution is 5.67. The summed E-state index contributed by atoms with van der Waals surface area (Å²) in [6, 6.07) is 0. The van der Waals surface area contributed by atoms with Gasteiger partial charge in [-0.15, -0.1) is 4.99 Å². The van der Waals surface area contributed by atoms with Crippen molar-refractivity contribution in [3.05, 3.63) is 0 Å². The molecule has 0 aliphatic rings. The smallest absolute Gasteiger partial charge is 0.303 e. The Hall–Kier alpha value is -1.18. The standard InChI is InChI=1S/C14H31NO2.C6H10O4/c1-3-5-7-8-9-10-11-13-14(16-17-15)12-6-4-2;7-5(8)3-1-2-4-6(9)10/h14H,3-13,15H2,1-2H3;1-4H2,(H,7,8)(H,9,10). The Bertz CT molecular complexity index is 322. The van der Waals surface area contributed by atoms with E-state index in [2.05, 4.69) is 18.8 Å². The van der Waals surface area contributed by atoms with Gasteiger partial charge in [-0.1, -0.05) is 71.6 Å². The lowest BCUT2D eigenvalue weighted by Gasteiger charge is -2.14. The molecule has 0 rings (SSSR count). The summed E-state index contributed by atoms with van der Waals surface area (Å²) in [5, 5.41) is 16.3. The van der Waals surface area contributed by atoms with Crippen LogP contribution < -0.4 is 5.90 Å². The number of aliphatic carboxylic acids is 2. The van der Waals surface area contributed by atoms with Crippen LogP contribution in [0.4, 0.5) is 0 Å². The molecule has 1 unspecified atom stereocenters. The summed E-state index contributed by atoms with van der Waals surface area (Å²) in [5.74, 6) is 3.22. The molecule has 0 aliphatic heterocycles. The number of carboxylic acids is 2. The van der Waals surface area contributed by atoms with Gasteiger partial charge in [0, 0.05) is 12.8 Å². The average molecular weight is 392 g/mol. The molecule has 0 bridgehead atoms. The molecular weight excluding hydrogens is 350 g/mol. The van der Waals surface area contributed by atoms with Gasteiger partial charge in [0.15, 0.2) is 0 Å². The highest BCUT2D eigenvalue weighted by Crippen LogP contribution is 2.15. The third-order valence-electron chi connectivity index (χ3n) is 4.23. The monoisotopic (exact) mass is 391 g/mol. The van der Waals surface area contributed by atoms with Crippen molar-refractivity contribution < 1.29 is 29.7 Å². The third-order valence-corrected chi connectivity index (χ3v) is 4.23. The number of nitrogens with two attached hydrogens (primary N) is 1. The quantitative estimate of drug-likeness (QED) is 0.166. The minimum Gasteiger partial charge on any atom is -0.481 e. The van der Waals surface area contributed by atoms with E-state index in [9.17, 15) is 9.59 Å². The Kier molecular flexibility index (Phi) is 23.7. The minimum atomic E-state index is -0.870. The molecule has 0 saturated carbocycles. The van der Waals surface area contributed by atoms with Gasteiger partial charge in [0.2, 0.25) is 0 Å². The maximum absolute atomic E-state index is 9.90. The van der Waals surface area contributed by atoms with Crippen molar-refractivity contribution in [1.82, 2.24) is 0 Å². The second-order valence-electron chi connectivity index (χ2n) is 6.86. The molecule has 4 N–H and O–H groups in total. The van der Waals surface area contributed by atoms with Crippen molar-refractivity contribution in [2.75, 3.05) is 0 Å². The molecule has 0 aromatic carbocycles. The first-order chi connectivity index (χ1) is 13.0. The lowest BCUT2D eigenvalue weighted by molar-refractivity contribution is -0.331. The van der Waals surface area contributed by atoms with Crippen molar-refractivity contribution in [3.63, 3.8) is 0 Å². The Balaban J connectivity index is 0. The van der Waals surface area contributed by atoms with Crippen molar-refractivity contribution >= 4 is 11.9 Å². The molecule has 0 aliphatic carbocycles. The lowest BCUT2D eigenvalue weighted by atomic mass is 10.0. The van der Waals surface area contributed by atoms with Crippen LogP contribution in [0, 0.1) is 0 Å². The number of carboxylic acid groups (broad SMARTS) is 2. The average Bonchev–Trinajstić information content (AvgIpc) is 2.62. The van der Waals surface area contributed by atoms with Crippen LogP contribution in [-0.2, 0) is 19.5 Å². The van der Waals surface area contributed by atoms with E-state index in [4.69, 9.17) is 21.0 Å². The minimum absolute atomic E-state index is 0.0628. The lowest BCUT2D eigenvalue weighted by Crippen LogP contribution is -2.16. The molecule has 0 amide bonds. The van der Waals surface area contributed by atoms with Crippen LogP contribution in [0.25, 0.3) is 0 Å². The third kappa shape index (κ3) is 27.1. The zero-order valence-corrected chi connectivity index (χ0v) is 17.3. The van der Waals surface area contributed by atoms with Crippen molar-refractivity contribution in [1.29, 1.82) is 0 Å². The van der Waals surface area contributed by atoms with E-state index >= 15 is 0 Å². The Morgan fingerprint density at radius 2 is 1.19 bits per heavy atom. The van der Waals surface area contributed by atoms with E-state index in [0.717, 1.165) is 12.8 Å². The molecular formula is C20H41NO6. The number of hydrogen-bond donors (Lipinski definition) is 3. The largest absolute Gasteiger partial charge is 0.481 e. The number of unbranched alkanes of at least 4 members (excludes halogenated alkanes) is 8. The first kappa shape index (κ1) is 28.0. The van der Waals surface area contributed by atoms with Gasteiger partial charge in [-0.3, -0.25) is 9.59 Å². The summed E-state index contributed by atoms with van der Waals surface area (Å²) in [6.45, 7) is 4.44. The van der Waals surface area contributed by atoms with E-state index in [-0.39, 0.29) is 18.9 Å². The van der Waals surface area contributed by atoms with Gasteiger partial charge in [0.25, 0.3) is 0 Å². The highest BCUT2D eigenvalue weighted by Gasteiger charge is 2.09. The Morgan fingerprint density at radius 3 is 1.63 bits per heavy atom. The molecule has 0 aromatic heterocycles. The summed E-state index contributed by atoms with van der Waals surface area (Å²) in [4.78, 5) is 29.2. The second kappa shape index (κ2) is 22.9. The summed E-state index contributed by atoms with van der Waals surface area (Å²) >= 11 is 0. The van der Waals surface area contributed by atoms with Crippen LogP contribution in [0.5, 0.6) is 0 Å². The van der Waals surface area contributed by atoms with Gasteiger partial charge in [-0.05, 0) is 25.7 Å². The SMILES string of the molecule is CCCCCCCCCC(CCCC)OON.O=C(O)CCCCC(=O)O. The first-order valence-electron chi connectivity index (χ1n) is 10.4. The van der Waals surface area contributed by atoms with Gasteiger partial charge in [-0.25, -0.2) is 4.89 Å². The maximum atomic E-state index is 9.90. The summed E-state index contributed by atoms with van der Waals surface area (Å²) < 4.78 is 0. The van der Waals surface area contributed by atoms with E-state index in [1.165, 1.54) is 57.8 Å². The fourth-order valence-corrected chi connectivity index (χ4v) is 2.63. The predicted octanol–water partition coefficient (Wildman–Crippen LogP) is 5.22. The summed E-state index contributed by atoms with van der Waals surface area (Å²) in [5.41, 5.74) is 0. The van der Waals surface area contributed by atoms with Crippen LogP contribution in [-0.4, -0.2) is 28.3 Å². The molecule has 0 aromatic rings. The fourth-order valence-electron chi connectivity index (χ4n) is 2.63.